The van der Waals surface area contributed by atoms with Gasteiger partial charge in [0.15, 0.2) is 0 Å². The summed E-state index contributed by atoms with van der Waals surface area (Å²) in [4.78, 5) is 36.7. The van der Waals surface area contributed by atoms with Gasteiger partial charge >= 0.3 is 11.9 Å². The number of amides is 1. The van der Waals surface area contributed by atoms with E-state index in [1.54, 1.807) is 13.8 Å². The maximum atomic E-state index is 11.9. The van der Waals surface area contributed by atoms with Gasteiger partial charge in [0, 0.05) is 6.42 Å². The van der Waals surface area contributed by atoms with Crippen molar-refractivity contribution in [2.24, 2.45) is 5.73 Å². The highest BCUT2D eigenvalue weighted by atomic mass is 16.6. The Morgan fingerprint density at radius 3 is 2.41 bits per heavy atom. The number of nitrogens with zero attached hydrogens (tertiary/aromatic N) is 1. The van der Waals surface area contributed by atoms with Crippen molar-refractivity contribution in [3.05, 3.63) is 11.3 Å². The number of ether oxygens (including phenoxy) is 2. The number of methoxy groups -OCH3 is 1. The first-order chi connectivity index (χ1) is 10.3. The summed E-state index contributed by atoms with van der Waals surface area (Å²) in [7, 11) is 1.22. The summed E-state index contributed by atoms with van der Waals surface area (Å²) in [5, 5.41) is 0. The topological polar surface area (TPSA) is 98.9 Å². The molecule has 1 rings (SSSR count). The number of hydrogen-bond acceptors (Lipinski definition) is 6. The van der Waals surface area contributed by atoms with Gasteiger partial charge in [0.05, 0.1) is 7.11 Å². The molecule has 0 aromatic carbocycles. The van der Waals surface area contributed by atoms with Crippen molar-refractivity contribution >= 4 is 17.8 Å². The van der Waals surface area contributed by atoms with Crippen LogP contribution in [0.4, 0.5) is 0 Å². The number of allylic oxidation sites excluding steroid dienone is 1. The summed E-state index contributed by atoms with van der Waals surface area (Å²) in [5.41, 5.74) is 6.35. The second kappa shape index (κ2) is 7.93. The highest BCUT2D eigenvalue weighted by Crippen LogP contribution is 2.28. The molecule has 0 aromatic heterocycles. The number of esters is 2. The van der Waals surface area contributed by atoms with Crippen LogP contribution in [0.25, 0.3) is 0 Å². The van der Waals surface area contributed by atoms with Gasteiger partial charge < -0.3 is 15.2 Å². The number of likely N-dealkylation sites (tertiary alicyclic amines) is 1. The molecule has 0 aromatic rings. The first-order valence-corrected chi connectivity index (χ1v) is 7.39. The number of rotatable bonds is 7. The van der Waals surface area contributed by atoms with E-state index in [0.717, 1.165) is 24.2 Å². The molecule has 1 aliphatic rings. The average Bonchev–Trinajstić information content (AvgIpc) is 2.49. The fourth-order valence-electron chi connectivity index (χ4n) is 2.20. The summed E-state index contributed by atoms with van der Waals surface area (Å²) < 4.78 is 9.93. The Balaban J connectivity index is 2.81. The van der Waals surface area contributed by atoms with E-state index in [2.05, 4.69) is 4.74 Å². The molecule has 1 aliphatic heterocycles. The summed E-state index contributed by atoms with van der Waals surface area (Å²) >= 11 is 0. The molecule has 2 atom stereocenters. The normalized spacial score (nSPS) is 20.2. The van der Waals surface area contributed by atoms with Crippen LogP contribution in [0.2, 0.25) is 0 Å². The summed E-state index contributed by atoms with van der Waals surface area (Å²) in [6.07, 6.45) is 1.95. The molecule has 124 valence electrons. The third-order valence-corrected chi connectivity index (χ3v) is 3.41. The van der Waals surface area contributed by atoms with Crippen molar-refractivity contribution in [1.29, 1.82) is 0 Å². The molecule has 0 unspecified atom stereocenters. The van der Waals surface area contributed by atoms with Gasteiger partial charge in [-0.15, -0.1) is 0 Å². The lowest BCUT2D eigenvalue weighted by Gasteiger charge is -2.44. The molecule has 7 heteroatoms. The molecule has 0 bridgehead atoms. The highest BCUT2D eigenvalue weighted by molar-refractivity contribution is 6.00. The van der Waals surface area contributed by atoms with Gasteiger partial charge in [-0.3, -0.25) is 14.5 Å². The highest BCUT2D eigenvalue weighted by Gasteiger charge is 2.51. The minimum absolute atomic E-state index is 0.0700. The molecule has 1 saturated heterocycles. The predicted octanol–water partition coefficient (Wildman–Crippen LogP) is 1.07. The number of unbranched alkanes of at least 4 members (excludes halogenated alkanes) is 2. The Morgan fingerprint density at radius 1 is 1.27 bits per heavy atom. The molecular weight excluding hydrogens is 288 g/mol. The summed E-state index contributed by atoms with van der Waals surface area (Å²) in [5.74, 6) is -1.55. The van der Waals surface area contributed by atoms with Crippen molar-refractivity contribution < 1.29 is 23.9 Å². The molecule has 0 radical (unpaired) electrons. The Hall–Kier alpha value is -1.89. The standard InChI is InChI=1S/C15H24N2O5/c1-5-6-7-8-10(18)22-14-11(16)13(19)17(14)12(9(2)3)15(20)21-4/h11,14H,5-8,16H2,1-4H3/t11-,14-/m1/s1. The van der Waals surface area contributed by atoms with E-state index in [1.807, 2.05) is 6.92 Å². The zero-order valence-corrected chi connectivity index (χ0v) is 13.5. The third kappa shape index (κ3) is 3.85. The lowest BCUT2D eigenvalue weighted by Crippen LogP contribution is -2.70. The molecule has 0 saturated carbocycles. The Morgan fingerprint density at radius 2 is 1.91 bits per heavy atom. The summed E-state index contributed by atoms with van der Waals surface area (Å²) in [6.45, 7) is 5.37. The van der Waals surface area contributed by atoms with Crippen LogP contribution >= 0.6 is 0 Å². The van der Waals surface area contributed by atoms with E-state index in [9.17, 15) is 14.4 Å². The second-order valence-corrected chi connectivity index (χ2v) is 5.41. The number of carbonyl (C=O) groups excluding carboxylic acids is 3. The van der Waals surface area contributed by atoms with Crippen molar-refractivity contribution in [3.8, 4) is 0 Å². The van der Waals surface area contributed by atoms with E-state index in [1.165, 1.54) is 7.11 Å². The summed E-state index contributed by atoms with van der Waals surface area (Å²) in [6, 6.07) is -0.950. The maximum Gasteiger partial charge on any atom is 0.354 e. The maximum absolute atomic E-state index is 11.9. The van der Waals surface area contributed by atoms with Gasteiger partial charge in [0.1, 0.15) is 11.7 Å². The van der Waals surface area contributed by atoms with Crippen molar-refractivity contribution in [2.75, 3.05) is 7.11 Å². The van der Waals surface area contributed by atoms with E-state index in [4.69, 9.17) is 10.5 Å². The minimum atomic E-state index is -0.953. The van der Waals surface area contributed by atoms with Gasteiger partial charge in [0.25, 0.3) is 5.91 Å². The predicted molar refractivity (Wildman–Crippen MR) is 79.2 cm³/mol. The smallest absolute Gasteiger partial charge is 0.354 e. The molecule has 1 heterocycles. The molecule has 1 fully saturated rings. The van der Waals surface area contributed by atoms with Gasteiger partial charge in [0.2, 0.25) is 6.23 Å². The molecular formula is C15H24N2O5. The monoisotopic (exact) mass is 312 g/mol. The molecule has 0 aliphatic carbocycles. The fourth-order valence-corrected chi connectivity index (χ4v) is 2.20. The molecule has 0 spiro atoms. The average molecular weight is 312 g/mol. The Bertz CT molecular complexity index is 482. The Kier molecular flexibility index (Phi) is 6.55. The minimum Gasteiger partial charge on any atom is -0.464 e. The van der Waals surface area contributed by atoms with Crippen LogP contribution < -0.4 is 5.73 Å². The first kappa shape index (κ1) is 18.2. The molecule has 7 nitrogen and oxygen atoms in total. The lowest BCUT2D eigenvalue weighted by atomic mass is 10.0. The van der Waals surface area contributed by atoms with Crippen molar-refractivity contribution in [3.63, 3.8) is 0 Å². The van der Waals surface area contributed by atoms with Crippen LogP contribution in [0.1, 0.15) is 46.5 Å². The van der Waals surface area contributed by atoms with E-state index in [-0.39, 0.29) is 12.1 Å². The SMILES string of the molecule is CCCCCC(=O)O[C@@H]1[C@H](N)C(=O)N1C(C(=O)OC)=C(C)C. The van der Waals surface area contributed by atoms with Gasteiger partial charge in [-0.2, -0.15) is 0 Å². The van der Waals surface area contributed by atoms with Crippen LogP contribution in [-0.4, -0.2) is 42.1 Å². The van der Waals surface area contributed by atoms with Crippen LogP contribution in [0.5, 0.6) is 0 Å². The van der Waals surface area contributed by atoms with E-state index >= 15 is 0 Å². The third-order valence-electron chi connectivity index (χ3n) is 3.41. The molecule has 22 heavy (non-hydrogen) atoms. The van der Waals surface area contributed by atoms with Crippen LogP contribution in [-0.2, 0) is 23.9 Å². The number of nitrogens with two attached hydrogens (primary N) is 1. The van der Waals surface area contributed by atoms with Crippen LogP contribution in [0, 0.1) is 0 Å². The van der Waals surface area contributed by atoms with E-state index in [0.29, 0.717) is 5.57 Å². The number of β-lactam (4-membered cyclic amide) rings is 1. The number of carbonyl (C=O) groups is 3. The molecule has 1 amide bonds. The Labute approximate surface area is 130 Å². The van der Waals surface area contributed by atoms with Gasteiger partial charge in [-0.1, -0.05) is 19.8 Å². The van der Waals surface area contributed by atoms with Crippen LogP contribution in [0.3, 0.4) is 0 Å². The van der Waals surface area contributed by atoms with Gasteiger partial charge in [-0.05, 0) is 25.8 Å². The first-order valence-electron chi connectivity index (χ1n) is 7.39. The van der Waals surface area contributed by atoms with Gasteiger partial charge in [-0.25, -0.2) is 4.79 Å². The molecule has 2 N–H and O–H groups in total. The van der Waals surface area contributed by atoms with E-state index < -0.39 is 30.1 Å². The van der Waals surface area contributed by atoms with Crippen LogP contribution in [0.15, 0.2) is 11.3 Å². The largest absolute Gasteiger partial charge is 0.464 e. The zero-order valence-electron chi connectivity index (χ0n) is 13.5. The fraction of sp³-hybridized carbons (Fsp3) is 0.667. The van der Waals surface area contributed by atoms with Crippen molar-refractivity contribution in [2.45, 2.75) is 58.7 Å². The quantitative estimate of drug-likeness (QED) is 0.327. The second-order valence-electron chi connectivity index (χ2n) is 5.41. The number of hydrogen-bond donors (Lipinski definition) is 1. The lowest BCUT2D eigenvalue weighted by molar-refractivity contribution is -0.186. The van der Waals surface area contributed by atoms with Crippen molar-refractivity contribution in [1.82, 2.24) is 4.90 Å². The zero-order chi connectivity index (χ0) is 16.9.